The molecule has 3 aromatic heterocycles. The first-order chi connectivity index (χ1) is 25.0. The summed E-state index contributed by atoms with van der Waals surface area (Å²) in [6, 6.07) is 45.8. The normalized spacial score (nSPS) is 10.7. The number of nitrogens with zero attached hydrogens (tertiary/aromatic N) is 1. The average molecular weight is 704 g/mol. The molecule has 1 aliphatic rings. The average Bonchev–Trinajstić information content (AvgIpc) is 3.90. The molecule has 54 heavy (non-hydrogen) atoms. The zero-order valence-corrected chi connectivity index (χ0v) is 31.0. The summed E-state index contributed by atoms with van der Waals surface area (Å²) in [6.45, 7) is 0. The molecule has 10 rings (SSSR count). The Morgan fingerprint density at radius 2 is 1.09 bits per heavy atom. The smallest absolute Gasteiger partial charge is 0.872 e. The molecule has 1 aliphatic carbocycles. The van der Waals surface area contributed by atoms with Crippen molar-refractivity contribution in [2.75, 3.05) is 0 Å². The van der Waals surface area contributed by atoms with Gasteiger partial charge in [0.1, 0.15) is 10.4 Å². The van der Waals surface area contributed by atoms with Crippen LogP contribution in [0, 0.1) is 0 Å². The van der Waals surface area contributed by atoms with E-state index >= 15 is 0 Å². The molecule has 0 bridgehead atoms. The van der Waals surface area contributed by atoms with E-state index in [1.807, 2.05) is 121 Å². The Kier molecular flexibility index (Phi) is 13.3. The Hall–Kier alpha value is -4.98. The molecule has 0 unspecified atom stereocenters. The Balaban J connectivity index is 0.000000157. The first-order valence-electron chi connectivity index (χ1n) is 16.4. The predicted molar refractivity (Wildman–Crippen MR) is 197 cm³/mol. The van der Waals surface area contributed by atoms with Crippen LogP contribution in [-0.4, -0.2) is 4.57 Å². The molecule has 0 saturated heterocycles. The van der Waals surface area contributed by atoms with Gasteiger partial charge in [-0.1, -0.05) is 126 Å². The van der Waals surface area contributed by atoms with Crippen LogP contribution in [0.2, 0.25) is 0 Å². The van der Waals surface area contributed by atoms with E-state index in [1.165, 1.54) is 4.70 Å². The number of thiazole rings is 1. The quantitative estimate of drug-likeness (QED) is 0.196. The number of rotatable bonds is 3. The van der Waals surface area contributed by atoms with Crippen molar-refractivity contribution in [3.8, 4) is 44.9 Å². The van der Waals surface area contributed by atoms with Gasteiger partial charge in [0.15, 0.2) is 17.2 Å². The van der Waals surface area contributed by atoms with Gasteiger partial charge in [0.25, 0.3) is 10.8 Å². The second-order valence-electron chi connectivity index (χ2n) is 11.9. The van der Waals surface area contributed by atoms with E-state index in [4.69, 9.17) is 0 Å². The second kappa shape index (κ2) is 17.9. The van der Waals surface area contributed by atoms with Gasteiger partial charge in [-0.25, -0.2) is 9.97 Å². The molecule has 3 N–H and O–H groups in total. The zero-order valence-electron chi connectivity index (χ0n) is 30.2. The number of para-hydroxylation sites is 6. The van der Waals surface area contributed by atoms with Crippen LogP contribution in [-0.2, 0) is 0 Å². The van der Waals surface area contributed by atoms with Gasteiger partial charge < -0.3 is 15.3 Å². The van der Waals surface area contributed by atoms with Crippen LogP contribution in [0.3, 0.4) is 0 Å². The Morgan fingerprint density at radius 1 is 0.500 bits per heavy atom. The molecule has 0 amide bonds. The van der Waals surface area contributed by atoms with Crippen molar-refractivity contribution in [1.82, 2.24) is 4.57 Å². The molecule has 0 aliphatic heterocycles. The van der Waals surface area contributed by atoms with Gasteiger partial charge in [0.2, 0.25) is 11.0 Å². The van der Waals surface area contributed by atoms with E-state index in [-0.39, 0.29) is 73.8 Å². The molecule has 0 saturated carbocycles. The van der Waals surface area contributed by atoms with Crippen molar-refractivity contribution in [3.05, 3.63) is 163 Å². The van der Waals surface area contributed by atoms with E-state index in [0.717, 1.165) is 55.1 Å². The molecule has 3 heterocycles. The number of hydrogen-bond acceptors (Lipinski definition) is 4. The summed E-state index contributed by atoms with van der Waals surface area (Å²) < 4.78 is 3.26. The summed E-state index contributed by atoms with van der Waals surface area (Å²) >= 11 is 1.61. The molecule has 6 aromatic carbocycles. The summed E-state index contributed by atoms with van der Waals surface area (Å²) in [5, 5.41) is 37.4. The van der Waals surface area contributed by atoms with Crippen LogP contribution in [0.4, 0.5) is 0 Å². The van der Waals surface area contributed by atoms with Crippen molar-refractivity contribution in [2.24, 2.45) is 0 Å². The van der Waals surface area contributed by atoms with Crippen molar-refractivity contribution >= 4 is 55.6 Å². The Labute approximate surface area is 352 Å². The number of H-pyrrole nitrogens is 3. The molecule has 11 heteroatoms. The number of pyridine rings is 1. The van der Waals surface area contributed by atoms with Gasteiger partial charge in [-0.2, -0.15) is 9.55 Å². The Morgan fingerprint density at radius 3 is 1.80 bits per heavy atom. The number of aromatic nitrogens is 4. The third-order valence-corrected chi connectivity index (χ3v) is 9.78. The number of hydrogen-bond donors (Lipinski definition) is 0. The maximum absolute atomic E-state index is 12.2. The predicted octanol–water partition coefficient (Wildman–Crippen LogP) is -2.14. The molecule has 0 spiro atoms. The van der Waals surface area contributed by atoms with Gasteiger partial charge in [-0.3, -0.25) is 0 Å². The van der Waals surface area contributed by atoms with Crippen LogP contribution in [0.5, 0.6) is 17.2 Å². The third kappa shape index (κ3) is 8.08. The van der Waals surface area contributed by atoms with Crippen molar-refractivity contribution < 1.29 is 86.9 Å². The van der Waals surface area contributed by atoms with Gasteiger partial charge in [-0.05, 0) is 59.3 Å². The van der Waals surface area contributed by atoms with Crippen molar-refractivity contribution in [2.45, 2.75) is 0 Å². The summed E-state index contributed by atoms with van der Waals surface area (Å²) in [7, 11) is 0. The molecule has 9 aromatic rings. The molecule has 246 valence electrons. The second-order valence-corrected chi connectivity index (χ2v) is 12.9. The summed E-state index contributed by atoms with van der Waals surface area (Å²) in [6.07, 6.45) is 5.87. The minimum Gasteiger partial charge on any atom is -0.872 e. The zero-order chi connectivity index (χ0) is 34.7. The topological polar surface area (TPSA) is 117 Å². The van der Waals surface area contributed by atoms with Crippen LogP contribution >= 0.6 is 11.3 Å². The molecule has 0 radical (unpaired) electrons. The summed E-state index contributed by atoms with van der Waals surface area (Å²) in [5.41, 5.74) is 8.52. The fraction of sp³-hybridized carbons (Fsp3) is 0. The fourth-order valence-electron chi connectivity index (χ4n) is 6.28. The van der Waals surface area contributed by atoms with Crippen molar-refractivity contribution in [3.63, 3.8) is 0 Å². The number of imidazole rings is 1. The van der Waals surface area contributed by atoms with Gasteiger partial charge in [-0.15, -0.1) is 0 Å². The first kappa shape index (κ1) is 40.2. The number of fused-ring (bicyclic) bond motifs is 2. The van der Waals surface area contributed by atoms with Gasteiger partial charge in [0, 0.05) is 17.7 Å². The summed E-state index contributed by atoms with van der Waals surface area (Å²) in [4.78, 5) is 9.64. The first-order valence-corrected chi connectivity index (χ1v) is 17.2. The van der Waals surface area contributed by atoms with Crippen LogP contribution in [0.25, 0.3) is 72.0 Å². The van der Waals surface area contributed by atoms with Crippen LogP contribution in [0.15, 0.2) is 152 Å². The van der Waals surface area contributed by atoms with Crippen molar-refractivity contribution in [1.29, 1.82) is 0 Å². The van der Waals surface area contributed by atoms with Crippen LogP contribution < -0.4 is 86.9 Å². The molecule has 7 nitrogen and oxygen atoms in total. The van der Waals surface area contributed by atoms with E-state index in [9.17, 15) is 15.3 Å². The maximum Gasteiger partial charge on any atom is 1.00 e. The number of nitrogens with one attached hydrogen (secondary N) is 3. The SMILES string of the molecule is [Li+].[Li+].[Li+].[O-]c1ccc2c3c(cc[nH+]c13)C=C2.[O-]c1ccccc1-c1[nH+]c2ccccc2n1-c1ccccc1.[O-]c1ccccc1-c1[nH+]c2ccccc2s1. The third-order valence-electron chi connectivity index (χ3n) is 8.68. The standard InChI is InChI=1S/C19H14N2O.C13H9NOS.C11H7NO.3Li/c22-18-13-7-4-10-15(18)19-20-16-11-5-6-12-17(16)21(19)14-8-2-1-3-9-14;15-11-7-3-1-5-9(11)13-14-10-6-2-4-8-12(10)16-13;13-9-4-3-7-1-2-8-5-6-12-11(9)10(7)8;;;/h1-13,22H;1-8,15H;1-6,13H;;;/q;;;3*+1. The maximum atomic E-state index is 12.2. The molecular formula is C43H30Li3N4O3S+3. The summed E-state index contributed by atoms with van der Waals surface area (Å²) in [5.74, 6) is 0.936. The van der Waals surface area contributed by atoms with E-state index in [0.29, 0.717) is 11.1 Å². The van der Waals surface area contributed by atoms with E-state index < -0.39 is 0 Å². The van der Waals surface area contributed by atoms with E-state index in [2.05, 4.69) is 25.6 Å². The largest absolute Gasteiger partial charge is 1.00 e. The van der Waals surface area contributed by atoms with Gasteiger partial charge >= 0.3 is 56.6 Å². The molecule has 0 fully saturated rings. The molecule has 0 atom stereocenters. The minimum atomic E-state index is 0. The fourth-order valence-corrected chi connectivity index (χ4v) is 7.31. The van der Waals surface area contributed by atoms with E-state index in [1.54, 1.807) is 47.9 Å². The van der Waals surface area contributed by atoms with Crippen LogP contribution in [0.1, 0.15) is 11.1 Å². The number of aromatic amines is 3. The Bertz CT molecular complexity index is 2670. The number of benzene rings is 6. The monoisotopic (exact) mass is 703 g/mol. The molecular weight excluding hydrogens is 673 g/mol. The minimum absolute atomic E-state index is 0. The van der Waals surface area contributed by atoms with Gasteiger partial charge in [0.05, 0.1) is 10.9 Å².